The Labute approximate surface area is 146 Å². The standard InChI is InChI=1S/C16H24N6OS/c1-11-17-12(2)22(20-11)8-14-5-4-6-21(7-14)9-15-10-24-16(19-15)18-13(3)23/h10,14H,4-9H2,1-3H3,(H,18,19,23). The van der Waals surface area contributed by atoms with Gasteiger partial charge in [0.25, 0.3) is 0 Å². The number of carbonyl (C=O) groups is 1. The third kappa shape index (κ3) is 4.39. The normalized spacial score (nSPS) is 18.7. The second-order valence-corrected chi connectivity index (χ2v) is 7.31. The van der Waals surface area contributed by atoms with Gasteiger partial charge in [-0.2, -0.15) is 5.10 Å². The van der Waals surface area contributed by atoms with Crippen molar-refractivity contribution in [1.82, 2.24) is 24.6 Å². The zero-order chi connectivity index (χ0) is 17.1. The van der Waals surface area contributed by atoms with Crippen LogP contribution in [0.2, 0.25) is 0 Å². The van der Waals surface area contributed by atoms with Gasteiger partial charge in [-0.3, -0.25) is 9.69 Å². The summed E-state index contributed by atoms with van der Waals surface area (Å²) >= 11 is 1.48. The Morgan fingerprint density at radius 2 is 2.25 bits per heavy atom. The van der Waals surface area contributed by atoms with E-state index >= 15 is 0 Å². The van der Waals surface area contributed by atoms with E-state index in [1.165, 1.54) is 31.1 Å². The monoisotopic (exact) mass is 348 g/mol. The summed E-state index contributed by atoms with van der Waals surface area (Å²) in [6.07, 6.45) is 2.42. The lowest BCUT2D eigenvalue weighted by Gasteiger charge is -2.32. The van der Waals surface area contributed by atoms with Crippen LogP contribution in [0.4, 0.5) is 5.13 Å². The molecule has 0 radical (unpaired) electrons. The molecule has 1 fully saturated rings. The summed E-state index contributed by atoms with van der Waals surface area (Å²) < 4.78 is 2.03. The molecule has 1 aliphatic heterocycles. The fraction of sp³-hybridized carbons (Fsp3) is 0.625. The number of hydrogen-bond donors (Lipinski definition) is 1. The predicted octanol–water partition coefficient (Wildman–Crippen LogP) is 2.22. The van der Waals surface area contributed by atoms with E-state index < -0.39 is 0 Å². The molecule has 0 aromatic carbocycles. The molecule has 0 saturated carbocycles. The molecule has 3 rings (SSSR count). The first kappa shape index (κ1) is 17.0. The Bertz CT molecular complexity index is 709. The maximum Gasteiger partial charge on any atom is 0.223 e. The highest BCUT2D eigenvalue weighted by atomic mass is 32.1. The van der Waals surface area contributed by atoms with Gasteiger partial charge < -0.3 is 5.32 Å². The molecular formula is C16H24N6OS. The number of amides is 1. The van der Waals surface area contributed by atoms with E-state index in [0.717, 1.165) is 43.5 Å². The maximum absolute atomic E-state index is 11.1. The van der Waals surface area contributed by atoms with Gasteiger partial charge >= 0.3 is 0 Å². The zero-order valence-corrected chi connectivity index (χ0v) is 15.3. The highest BCUT2D eigenvalue weighted by Gasteiger charge is 2.22. The number of aryl methyl sites for hydroxylation is 2. The summed E-state index contributed by atoms with van der Waals surface area (Å²) in [6.45, 7) is 9.36. The number of likely N-dealkylation sites (tertiary alicyclic amines) is 1. The van der Waals surface area contributed by atoms with Gasteiger partial charge in [-0.25, -0.2) is 14.6 Å². The molecule has 0 aliphatic carbocycles. The molecule has 1 N–H and O–H groups in total. The minimum absolute atomic E-state index is 0.0765. The fourth-order valence-corrected chi connectivity index (χ4v) is 3.99. The number of carbonyl (C=O) groups excluding carboxylic acids is 1. The van der Waals surface area contributed by atoms with Crippen molar-refractivity contribution in [3.63, 3.8) is 0 Å². The van der Waals surface area contributed by atoms with Crippen molar-refractivity contribution in [2.75, 3.05) is 18.4 Å². The van der Waals surface area contributed by atoms with Crippen LogP contribution in [0.3, 0.4) is 0 Å². The van der Waals surface area contributed by atoms with Gasteiger partial charge in [-0.15, -0.1) is 11.3 Å². The highest BCUT2D eigenvalue weighted by Crippen LogP contribution is 2.22. The van der Waals surface area contributed by atoms with Gasteiger partial charge in [0.05, 0.1) is 5.69 Å². The van der Waals surface area contributed by atoms with E-state index in [1.807, 2.05) is 23.9 Å². The smallest absolute Gasteiger partial charge is 0.223 e. The topological polar surface area (TPSA) is 75.9 Å². The van der Waals surface area contributed by atoms with Crippen LogP contribution in [0.5, 0.6) is 0 Å². The Morgan fingerprint density at radius 1 is 1.42 bits per heavy atom. The second kappa shape index (κ2) is 7.40. The first-order valence-electron chi connectivity index (χ1n) is 8.32. The second-order valence-electron chi connectivity index (χ2n) is 6.46. The molecular weight excluding hydrogens is 324 g/mol. The van der Waals surface area contributed by atoms with Crippen LogP contribution in [0, 0.1) is 19.8 Å². The molecule has 2 aromatic rings. The van der Waals surface area contributed by atoms with Gasteiger partial charge in [0, 0.05) is 31.9 Å². The summed E-state index contributed by atoms with van der Waals surface area (Å²) in [7, 11) is 0. The average molecular weight is 348 g/mol. The number of nitrogens with one attached hydrogen (secondary N) is 1. The van der Waals surface area contributed by atoms with Crippen LogP contribution in [0.25, 0.3) is 0 Å². The van der Waals surface area contributed by atoms with Gasteiger partial charge in [-0.1, -0.05) is 0 Å². The molecule has 1 amide bonds. The summed E-state index contributed by atoms with van der Waals surface area (Å²) in [5, 5.41) is 9.93. The van der Waals surface area contributed by atoms with E-state index in [4.69, 9.17) is 0 Å². The zero-order valence-electron chi connectivity index (χ0n) is 14.4. The van der Waals surface area contributed by atoms with E-state index in [0.29, 0.717) is 11.0 Å². The number of piperidine rings is 1. The number of rotatable bonds is 5. The molecule has 1 unspecified atom stereocenters. The van der Waals surface area contributed by atoms with Gasteiger partial charge in [0.15, 0.2) is 5.13 Å². The van der Waals surface area contributed by atoms with Crippen molar-refractivity contribution in [1.29, 1.82) is 0 Å². The lowest BCUT2D eigenvalue weighted by molar-refractivity contribution is -0.114. The summed E-state index contributed by atoms with van der Waals surface area (Å²) in [6, 6.07) is 0. The molecule has 0 bridgehead atoms. The first-order chi connectivity index (χ1) is 11.5. The first-order valence-corrected chi connectivity index (χ1v) is 9.20. The lowest BCUT2D eigenvalue weighted by Crippen LogP contribution is -2.37. The van der Waals surface area contributed by atoms with Gasteiger partial charge in [0.2, 0.25) is 5.91 Å². The molecule has 1 atom stereocenters. The lowest BCUT2D eigenvalue weighted by atomic mass is 9.98. The van der Waals surface area contributed by atoms with E-state index in [2.05, 4.69) is 25.3 Å². The van der Waals surface area contributed by atoms with Gasteiger partial charge in [0.1, 0.15) is 11.6 Å². The van der Waals surface area contributed by atoms with E-state index in [-0.39, 0.29) is 5.91 Å². The quantitative estimate of drug-likeness (QED) is 0.897. The maximum atomic E-state index is 11.1. The van der Waals surface area contributed by atoms with Crippen LogP contribution in [-0.4, -0.2) is 43.6 Å². The van der Waals surface area contributed by atoms with Crippen LogP contribution in [0.15, 0.2) is 5.38 Å². The Balaban J connectivity index is 1.56. The molecule has 7 nitrogen and oxygen atoms in total. The third-order valence-electron chi connectivity index (χ3n) is 4.22. The number of anilines is 1. The van der Waals surface area contributed by atoms with Gasteiger partial charge in [-0.05, 0) is 39.2 Å². The fourth-order valence-electron chi connectivity index (χ4n) is 3.24. The van der Waals surface area contributed by atoms with Crippen molar-refractivity contribution in [3.05, 3.63) is 22.7 Å². The Morgan fingerprint density at radius 3 is 2.96 bits per heavy atom. The molecule has 1 saturated heterocycles. The largest absolute Gasteiger partial charge is 0.302 e. The molecule has 8 heteroatoms. The van der Waals surface area contributed by atoms with Crippen LogP contribution in [0.1, 0.15) is 37.1 Å². The van der Waals surface area contributed by atoms with Crippen molar-refractivity contribution in [2.24, 2.45) is 5.92 Å². The number of thiazole rings is 1. The average Bonchev–Trinajstić information content (AvgIpc) is 3.05. The molecule has 1 aliphatic rings. The van der Waals surface area contributed by atoms with Crippen molar-refractivity contribution >= 4 is 22.4 Å². The van der Waals surface area contributed by atoms with Crippen LogP contribution >= 0.6 is 11.3 Å². The highest BCUT2D eigenvalue weighted by molar-refractivity contribution is 7.13. The van der Waals surface area contributed by atoms with Crippen molar-refractivity contribution in [2.45, 2.75) is 46.7 Å². The molecule has 24 heavy (non-hydrogen) atoms. The Hall–Kier alpha value is -1.80. The number of aromatic nitrogens is 4. The molecule has 3 heterocycles. The van der Waals surface area contributed by atoms with Crippen molar-refractivity contribution < 1.29 is 4.79 Å². The summed E-state index contributed by atoms with van der Waals surface area (Å²) in [4.78, 5) is 22.4. The van der Waals surface area contributed by atoms with E-state index in [1.54, 1.807) is 0 Å². The molecule has 130 valence electrons. The number of hydrogen-bond acceptors (Lipinski definition) is 6. The summed E-state index contributed by atoms with van der Waals surface area (Å²) in [5.41, 5.74) is 1.03. The minimum Gasteiger partial charge on any atom is -0.302 e. The third-order valence-corrected chi connectivity index (χ3v) is 5.02. The Kier molecular flexibility index (Phi) is 5.25. The SMILES string of the molecule is CC(=O)Nc1nc(CN2CCCC(Cn3nc(C)nc3C)C2)cs1. The van der Waals surface area contributed by atoms with Crippen molar-refractivity contribution in [3.8, 4) is 0 Å². The minimum atomic E-state index is -0.0765. The molecule has 2 aromatic heterocycles. The molecule has 0 spiro atoms. The van der Waals surface area contributed by atoms with Crippen LogP contribution in [-0.2, 0) is 17.9 Å². The predicted molar refractivity (Wildman–Crippen MR) is 93.9 cm³/mol. The summed E-state index contributed by atoms with van der Waals surface area (Å²) in [5.74, 6) is 2.34. The van der Waals surface area contributed by atoms with Crippen LogP contribution < -0.4 is 5.32 Å². The number of nitrogens with zero attached hydrogens (tertiary/aromatic N) is 5. The van der Waals surface area contributed by atoms with E-state index in [9.17, 15) is 4.79 Å².